The number of carboxylic acid groups (broad SMARTS) is 3. The van der Waals surface area contributed by atoms with Gasteiger partial charge < -0.3 is 126 Å². The van der Waals surface area contributed by atoms with Crippen LogP contribution in [0.15, 0.2) is 30.3 Å². The molecule has 1 aromatic carbocycles. The first kappa shape index (κ1) is 108. The summed E-state index contributed by atoms with van der Waals surface area (Å²) in [5, 5.41) is 122. The van der Waals surface area contributed by atoms with Crippen molar-refractivity contribution >= 4 is 146 Å². The standard InChI is InChI=1S/C73H114N18O30S2/c1-10-33(5)55(89-71(121)56(34(6)11-2)88-64(114)43(25-53(106)107)80-62(112)40(18-20-51(102)103)91-76-21-22-92)69(119)75-26-50(101)77-35(7)60(110)82-45(28-94)67(117)83-46(29-95)66(116)79-41(24-52(104)105)58(108)72-86-48(31-97)68(118)90-57(37(9)99)59(109)73(123-122-72)85-42(23-38-15-13-12-14-16-38)63(113)87-54(32(3)4)70(120)84-47(30-96)65(115)78-39(17-19-49(74)100)61(111)81-44(27-93)36(8)98/h12-16,22,32-35,37,39-48,54-57,72-73,76,85-86,91,93-97,99H,10-11,17-21,23-31H2,1-9H3,(H2,74,100)(H,75,119)(H,77,101)(H,78,115)(H,79,116)(H,80,112)(H,81,111)(H,82,110)(H,83,117)(H,84,120)(H,87,113)(H,88,114)(H,89,121)(H,90,118)(H,102,103)(H,104,105)(H,106,107)/t33-,34-,35?,37+,39-,40-,41-,42-,43-,44-,45-,46-,47-,48-,54-,55-,56-,57-,72?,73?/m0/s1. The maximum atomic E-state index is 14.8. The topological polar surface area (TPSA) is 771 Å². The fraction of sp³-hybridized carbons (Fsp3) is 0.630. The summed E-state index contributed by atoms with van der Waals surface area (Å²) in [5.41, 5.74) is 10.5. The number of aliphatic hydroxyl groups excluding tert-OH is 6. The first-order chi connectivity index (χ1) is 57.9. The fourth-order valence-electron chi connectivity index (χ4n) is 11.3. The van der Waals surface area contributed by atoms with E-state index in [-0.39, 0.29) is 32.2 Å². The van der Waals surface area contributed by atoms with Crippen molar-refractivity contribution < 1.29 is 147 Å². The van der Waals surface area contributed by atoms with Gasteiger partial charge in [0.15, 0.2) is 17.3 Å². The van der Waals surface area contributed by atoms with E-state index in [4.69, 9.17) is 5.73 Å². The lowest BCUT2D eigenvalue weighted by atomic mass is 9.94. The van der Waals surface area contributed by atoms with Gasteiger partial charge in [-0.25, -0.2) is 10.9 Å². The second-order valence-electron chi connectivity index (χ2n) is 28.9. The number of carbonyl (C=O) groups is 21. The predicted molar refractivity (Wildman–Crippen MR) is 431 cm³/mol. The Bertz CT molecular complexity index is 3850. The third kappa shape index (κ3) is 37.4. The minimum absolute atomic E-state index is 0.200. The molecule has 123 heavy (non-hydrogen) atoms. The SMILES string of the molecule is CC[C@H](C)[C@H](NC(=O)[C@H](CC(=O)O)NC(=O)[C@H](CCC(=O)O)NNCC=O)C(=O)N[C@H](C(=O)NCC(=O)NC(C)C(=O)N[C@@H](CO)C(=O)N[C@@H](CO)C(=O)N[C@@H](CC(=O)O)C(=O)C1N[C@@H](CO)C(=O)N[C@@H]([C@@H](C)O)C(=O)C(N[C@@H](Cc2ccccc2)C(=O)N[C@H](C(=O)N[C@@H](CO)C(=O)N[C@@H](CCC(N)=O)C(=O)N[C@@H](CO)C(C)=O)C(C)C)SS1)[C@@H](C)CC. The number of hydrazine groups is 1. The summed E-state index contributed by atoms with van der Waals surface area (Å²) in [4.78, 5) is 279. The Morgan fingerprint density at radius 3 is 1.46 bits per heavy atom. The van der Waals surface area contributed by atoms with Crippen LogP contribution in [-0.4, -0.2) is 324 Å². The third-order valence-corrected chi connectivity index (χ3v) is 21.6. The van der Waals surface area contributed by atoms with Crippen LogP contribution in [-0.2, 0) is 107 Å². The monoisotopic (exact) mass is 1790 g/mol. The Morgan fingerprint density at radius 2 is 0.959 bits per heavy atom. The molecule has 48 nitrogen and oxygen atoms in total. The summed E-state index contributed by atoms with van der Waals surface area (Å²) in [6.45, 7) is 5.56. The van der Waals surface area contributed by atoms with Crippen molar-refractivity contribution in [3.05, 3.63) is 35.9 Å². The maximum Gasteiger partial charge on any atom is 0.305 e. The molecule has 20 atom stereocenters. The molecule has 1 aromatic rings. The van der Waals surface area contributed by atoms with Crippen LogP contribution in [0.2, 0.25) is 0 Å². The molecule has 0 aromatic heterocycles. The molecule has 14 amide bonds. The lowest BCUT2D eigenvalue weighted by molar-refractivity contribution is -0.142. The van der Waals surface area contributed by atoms with E-state index in [1.165, 1.54) is 20.8 Å². The molecule has 2 rings (SSSR count). The molecule has 0 bridgehead atoms. The highest BCUT2D eigenvalue weighted by Crippen LogP contribution is 2.33. The third-order valence-electron chi connectivity index (χ3n) is 18.9. The molecule has 1 aliphatic rings. The Labute approximate surface area is 713 Å². The van der Waals surface area contributed by atoms with Crippen molar-refractivity contribution in [3.8, 4) is 0 Å². The number of aliphatic hydroxyl groups is 6. The van der Waals surface area contributed by atoms with Crippen molar-refractivity contribution in [2.24, 2.45) is 23.5 Å². The number of primary amides is 1. The van der Waals surface area contributed by atoms with Crippen LogP contribution in [0.1, 0.15) is 119 Å². The number of Topliss-reactive ketones (excluding diaryl/α,β-unsaturated/α-hetero) is 3. The Balaban J connectivity index is 2.43. The molecule has 1 fully saturated rings. The zero-order chi connectivity index (χ0) is 93.2. The molecule has 0 aliphatic carbocycles. The van der Waals surface area contributed by atoms with Gasteiger partial charge in [0.05, 0.1) is 71.1 Å². The van der Waals surface area contributed by atoms with E-state index in [2.05, 4.69) is 85.3 Å². The highest BCUT2D eigenvalue weighted by atomic mass is 33.1. The minimum Gasteiger partial charge on any atom is -0.481 e. The predicted octanol–water partition coefficient (Wildman–Crippen LogP) is -11.3. The van der Waals surface area contributed by atoms with Crippen molar-refractivity contribution in [2.45, 2.75) is 228 Å². The normalized spacial score (nSPS) is 18.6. The van der Waals surface area contributed by atoms with Crippen molar-refractivity contribution in [1.29, 1.82) is 0 Å². The Hall–Kier alpha value is -10.8. The first-order valence-electron chi connectivity index (χ1n) is 38.8. The number of aliphatic carboxylic acids is 3. The molecule has 0 saturated carbocycles. The number of amides is 14. The van der Waals surface area contributed by atoms with Crippen LogP contribution in [0.4, 0.5) is 0 Å². The number of nitrogens with one attached hydrogen (secondary N) is 17. The van der Waals surface area contributed by atoms with E-state index in [1.54, 1.807) is 51.1 Å². The molecule has 28 N–H and O–H groups in total. The van der Waals surface area contributed by atoms with Gasteiger partial charge in [-0.1, -0.05) is 106 Å². The second kappa shape index (κ2) is 55.3. The van der Waals surface area contributed by atoms with Gasteiger partial charge in [0.25, 0.3) is 0 Å². The maximum absolute atomic E-state index is 14.8. The number of benzene rings is 1. The summed E-state index contributed by atoms with van der Waals surface area (Å²) in [6.07, 6.45) is -5.47. The van der Waals surface area contributed by atoms with Gasteiger partial charge in [-0.3, -0.25) is 107 Å². The van der Waals surface area contributed by atoms with Crippen LogP contribution in [0.5, 0.6) is 0 Å². The minimum atomic E-state index is -2.22. The van der Waals surface area contributed by atoms with Crippen LogP contribution >= 0.6 is 21.6 Å². The highest BCUT2D eigenvalue weighted by Gasteiger charge is 2.44. The number of carbonyl (C=O) groups excluding carboxylic acids is 18. The van der Waals surface area contributed by atoms with E-state index in [1.807, 2.05) is 5.32 Å². The summed E-state index contributed by atoms with van der Waals surface area (Å²) < 4.78 is 0. The summed E-state index contributed by atoms with van der Waals surface area (Å²) in [6, 6.07) is -18.3. The van der Waals surface area contributed by atoms with Crippen molar-refractivity contribution in [2.75, 3.05) is 46.1 Å². The Morgan fingerprint density at radius 1 is 0.512 bits per heavy atom. The number of nitrogens with two attached hydrogens (primary N) is 1. The number of aldehydes is 1. The number of hydrogen-bond donors (Lipinski definition) is 27. The zero-order valence-corrected chi connectivity index (χ0v) is 70.5. The molecule has 50 heteroatoms. The largest absolute Gasteiger partial charge is 0.481 e. The molecule has 688 valence electrons. The van der Waals surface area contributed by atoms with Gasteiger partial charge in [-0.2, -0.15) is 0 Å². The molecule has 3 unspecified atom stereocenters. The molecular formula is C73H114N18O30S2. The van der Waals surface area contributed by atoms with Crippen LogP contribution in [0.25, 0.3) is 0 Å². The number of hydrogen-bond acceptors (Lipinski definition) is 33. The van der Waals surface area contributed by atoms with Gasteiger partial charge >= 0.3 is 17.9 Å². The summed E-state index contributed by atoms with van der Waals surface area (Å²) in [7, 11) is 0.788. The van der Waals surface area contributed by atoms with E-state index in [0.29, 0.717) is 33.4 Å². The van der Waals surface area contributed by atoms with E-state index >= 15 is 0 Å². The molecule has 1 aliphatic heterocycles. The summed E-state index contributed by atoms with van der Waals surface area (Å²) in [5.74, 6) is -26.0. The number of carboxylic acids is 3. The average Bonchev–Trinajstić information content (AvgIpc) is 0.816. The average molecular weight is 1790 g/mol. The second-order valence-corrected chi connectivity index (χ2v) is 31.4. The molecule has 0 spiro atoms. The van der Waals surface area contributed by atoms with Gasteiger partial charge in [0.1, 0.15) is 102 Å². The van der Waals surface area contributed by atoms with Gasteiger partial charge in [-0.15, -0.1) is 0 Å². The summed E-state index contributed by atoms with van der Waals surface area (Å²) >= 11 is 0. The van der Waals surface area contributed by atoms with Gasteiger partial charge in [0, 0.05) is 12.8 Å². The Kier molecular flexibility index (Phi) is 48.7. The van der Waals surface area contributed by atoms with Crippen LogP contribution in [0, 0.1) is 17.8 Å². The van der Waals surface area contributed by atoms with E-state index in [9.17, 15) is 147 Å². The quantitative estimate of drug-likeness (QED) is 0.0125. The first-order valence-corrected chi connectivity index (χ1v) is 41.1. The highest BCUT2D eigenvalue weighted by molar-refractivity contribution is 8.77. The van der Waals surface area contributed by atoms with Crippen LogP contribution < -0.4 is 96.3 Å². The molecule has 1 heterocycles. The lowest BCUT2D eigenvalue weighted by Gasteiger charge is -2.33. The number of rotatable bonds is 56. The smallest absolute Gasteiger partial charge is 0.305 e. The van der Waals surface area contributed by atoms with E-state index in [0.717, 1.165) is 20.8 Å². The molecule has 1 saturated heterocycles. The van der Waals surface area contributed by atoms with Gasteiger partial charge in [-0.05, 0) is 63.4 Å². The molecule has 0 radical (unpaired) electrons. The van der Waals surface area contributed by atoms with Gasteiger partial charge in [0.2, 0.25) is 82.7 Å². The number of ketones is 3. The van der Waals surface area contributed by atoms with Crippen molar-refractivity contribution in [3.63, 3.8) is 0 Å². The van der Waals surface area contributed by atoms with Crippen LogP contribution in [0.3, 0.4) is 0 Å². The molecular weight excluding hydrogens is 1670 g/mol. The lowest BCUT2D eigenvalue weighted by Crippen LogP contribution is -2.63. The zero-order valence-electron chi connectivity index (χ0n) is 68.9. The van der Waals surface area contributed by atoms with Crippen molar-refractivity contribution in [1.82, 2.24) is 90.6 Å². The van der Waals surface area contributed by atoms with E-state index < -0.39 is 315 Å². The fourth-order valence-corrected chi connectivity index (χ4v) is 14.0.